The SMILES string of the molecule is Cc1cccc(C)c1Cn1ccnc1CNC1CC1. The van der Waals surface area contributed by atoms with E-state index in [9.17, 15) is 0 Å². The minimum absolute atomic E-state index is 0.727. The van der Waals surface area contributed by atoms with Crippen LogP contribution in [-0.2, 0) is 13.1 Å². The first-order valence-corrected chi connectivity index (χ1v) is 7.02. The van der Waals surface area contributed by atoms with Gasteiger partial charge in [0.1, 0.15) is 5.82 Å². The van der Waals surface area contributed by atoms with Crippen LogP contribution in [0.3, 0.4) is 0 Å². The molecule has 1 saturated carbocycles. The molecule has 1 heterocycles. The van der Waals surface area contributed by atoms with Crippen molar-refractivity contribution in [3.8, 4) is 0 Å². The molecule has 2 aromatic rings. The van der Waals surface area contributed by atoms with Crippen LogP contribution >= 0.6 is 0 Å². The van der Waals surface area contributed by atoms with Crippen LogP contribution in [0, 0.1) is 13.8 Å². The van der Waals surface area contributed by atoms with Gasteiger partial charge in [-0.3, -0.25) is 0 Å². The van der Waals surface area contributed by atoms with Crippen molar-refractivity contribution in [2.24, 2.45) is 0 Å². The molecule has 19 heavy (non-hydrogen) atoms. The first-order chi connectivity index (χ1) is 9.24. The lowest BCUT2D eigenvalue weighted by Crippen LogP contribution is -2.19. The quantitative estimate of drug-likeness (QED) is 0.890. The second-order valence-corrected chi connectivity index (χ2v) is 5.50. The Morgan fingerprint density at radius 1 is 1.26 bits per heavy atom. The molecule has 100 valence electrons. The minimum atomic E-state index is 0.727. The Kier molecular flexibility index (Phi) is 3.38. The first kappa shape index (κ1) is 12.4. The van der Waals surface area contributed by atoms with Gasteiger partial charge in [0.05, 0.1) is 6.54 Å². The molecule has 0 aliphatic heterocycles. The number of nitrogens with one attached hydrogen (secondary N) is 1. The standard InChI is InChI=1S/C16H21N3/c1-12-4-3-5-13(2)15(12)11-19-9-8-17-16(19)10-18-14-6-7-14/h3-5,8-9,14,18H,6-7,10-11H2,1-2H3. The zero-order chi connectivity index (χ0) is 13.2. The molecule has 1 fully saturated rings. The third-order valence-electron chi connectivity index (χ3n) is 3.90. The van der Waals surface area contributed by atoms with Gasteiger partial charge in [0, 0.05) is 25.0 Å². The van der Waals surface area contributed by atoms with Crippen LogP contribution in [0.25, 0.3) is 0 Å². The third kappa shape index (κ3) is 2.87. The van der Waals surface area contributed by atoms with E-state index in [4.69, 9.17) is 0 Å². The average Bonchev–Trinajstić information content (AvgIpc) is 3.11. The van der Waals surface area contributed by atoms with E-state index in [0.29, 0.717) is 0 Å². The lowest BCUT2D eigenvalue weighted by molar-refractivity contribution is 0.617. The highest BCUT2D eigenvalue weighted by Gasteiger charge is 2.20. The van der Waals surface area contributed by atoms with Crippen LogP contribution in [0.15, 0.2) is 30.6 Å². The van der Waals surface area contributed by atoms with Crippen molar-refractivity contribution in [2.45, 2.75) is 45.8 Å². The van der Waals surface area contributed by atoms with Gasteiger partial charge in [-0.25, -0.2) is 4.98 Å². The zero-order valence-electron chi connectivity index (χ0n) is 11.7. The lowest BCUT2D eigenvalue weighted by Gasteiger charge is -2.13. The molecule has 0 saturated heterocycles. The highest BCUT2D eigenvalue weighted by Crippen LogP contribution is 2.19. The van der Waals surface area contributed by atoms with Crippen molar-refractivity contribution in [3.05, 3.63) is 53.1 Å². The van der Waals surface area contributed by atoms with Gasteiger partial charge in [0.2, 0.25) is 0 Å². The van der Waals surface area contributed by atoms with Gasteiger partial charge in [-0.2, -0.15) is 0 Å². The predicted octanol–water partition coefficient (Wildman–Crippen LogP) is 2.80. The number of aryl methyl sites for hydroxylation is 2. The maximum atomic E-state index is 4.47. The van der Waals surface area contributed by atoms with Gasteiger partial charge in [0.25, 0.3) is 0 Å². The average molecular weight is 255 g/mol. The van der Waals surface area contributed by atoms with Gasteiger partial charge in [0.15, 0.2) is 0 Å². The summed E-state index contributed by atoms with van der Waals surface area (Å²) in [5.41, 5.74) is 4.12. The number of hydrogen-bond donors (Lipinski definition) is 1. The van der Waals surface area contributed by atoms with Crippen LogP contribution in [0.4, 0.5) is 0 Å². The number of hydrogen-bond acceptors (Lipinski definition) is 2. The second kappa shape index (κ2) is 5.17. The summed E-state index contributed by atoms with van der Waals surface area (Å²) in [5.74, 6) is 1.13. The van der Waals surface area contributed by atoms with Crippen molar-refractivity contribution < 1.29 is 0 Å². The molecule has 1 N–H and O–H groups in total. The molecule has 0 spiro atoms. The Labute approximate surface area is 114 Å². The fraction of sp³-hybridized carbons (Fsp3) is 0.438. The van der Waals surface area contributed by atoms with Gasteiger partial charge in [-0.15, -0.1) is 0 Å². The predicted molar refractivity (Wildman–Crippen MR) is 77.1 cm³/mol. The monoisotopic (exact) mass is 255 g/mol. The van der Waals surface area contributed by atoms with Crippen molar-refractivity contribution in [1.29, 1.82) is 0 Å². The Bertz CT molecular complexity index is 547. The number of imidazole rings is 1. The molecule has 0 atom stereocenters. The second-order valence-electron chi connectivity index (χ2n) is 5.50. The molecule has 0 bridgehead atoms. The summed E-state index contributed by atoms with van der Waals surface area (Å²) < 4.78 is 2.25. The minimum Gasteiger partial charge on any atom is -0.329 e. The molecule has 0 amide bonds. The number of nitrogens with zero attached hydrogens (tertiary/aromatic N) is 2. The van der Waals surface area contributed by atoms with E-state index < -0.39 is 0 Å². The molecule has 1 aromatic carbocycles. The number of rotatable bonds is 5. The zero-order valence-corrected chi connectivity index (χ0v) is 11.7. The molecular weight excluding hydrogens is 234 g/mol. The molecule has 3 nitrogen and oxygen atoms in total. The topological polar surface area (TPSA) is 29.9 Å². The summed E-state index contributed by atoms with van der Waals surface area (Å²) >= 11 is 0. The summed E-state index contributed by atoms with van der Waals surface area (Å²) in [5, 5.41) is 3.53. The molecule has 3 rings (SSSR count). The summed E-state index contributed by atoms with van der Waals surface area (Å²) in [6.45, 7) is 6.16. The van der Waals surface area contributed by atoms with Gasteiger partial charge in [-0.05, 0) is 43.4 Å². The Morgan fingerprint density at radius 2 is 2.00 bits per heavy atom. The lowest BCUT2D eigenvalue weighted by atomic mass is 10.0. The molecule has 1 aromatic heterocycles. The van der Waals surface area contributed by atoms with E-state index in [0.717, 1.165) is 25.0 Å². The van der Waals surface area contributed by atoms with E-state index in [2.05, 4.69) is 53.1 Å². The van der Waals surface area contributed by atoms with E-state index in [1.165, 1.54) is 29.5 Å². The fourth-order valence-corrected chi connectivity index (χ4v) is 2.44. The number of benzene rings is 1. The maximum absolute atomic E-state index is 4.47. The van der Waals surface area contributed by atoms with Crippen LogP contribution < -0.4 is 5.32 Å². The smallest absolute Gasteiger partial charge is 0.122 e. The van der Waals surface area contributed by atoms with Gasteiger partial charge < -0.3 is 9.88 Å². The normalized spacial score (nSPS) is 14.8. The van der Waals surface area contributed by atoms with E-state index in [1.807, 2.05) is 6.20 Å². The maximum Gasteiger partial charge on any atom is 0.122 e. The van der Waals surface area contributed by atoms with Crippen molar-refractivity contribution in [1.82, 2.24) is 14.9 Å². The third-order valence-corrected chi connectivity index (χ3v) is 3.90. The summed E-state index contributed by atoms with van der Waals surface area (Å²) in [6.07, 6.45) is 6.61. The summed E-state index contributed by atoms with van der Waals surface area (Å²) in [7, 11) is 0. The molecule has 3 heteroatoms. The van der Waals surface area contributed by atoms with Crippen molar-refractivity contribution in [3.63, 3.8) is 0 Å². The summed E-state index contributed by atoms with van der Waals surface area (Å²) in [6, 6.07) is 7.21. The molecule has 1 aliphatic rings. The highest BCUT2D eigenvalue weighted by atomic mass is 15.1. The van der Waals surface area contributed by atoms with E-state index in [1.54, 1.807) is 0 Å². The number of aromatic nitrogens is 2. The molecule has 0 unspecified atom stereocenters. The summed E-state index contributed by atoms with van der Waals surface area (Å²) in [4.78, 5) is 4.47. The van der Waals surface area contributed by atoms with Gasteiger partial charge in [-0.1, -0.05) is 18.2 Å². The molecule has 0 radical (unpaired) electrons. The molecular formula is C16H21N3. The molecule has 1 aliphatic carbocycles. The Balaban J connectivity index is 1.77. The fourth-order valence-electron chi connectivity index (χ4n) is 2.44. The van der Waals surface area contributed by atoms with Crippen LogP contribution in [0.1, 0.15) is 35.4 Å². The van der Waals surface area contributed by atoms with Gasteiger partial charge >= 0.3 is 0 Å². The largest absolute Gasteiger partial charge is 0.329 e. The Morgan fingerprint density at radius 3 is 2.68 bits per heavy atom. The van der Waals surface area contributed by atoms with Crippen LogP contribution in [-0.4, -0.2) is 15.6 Å². The van der Waals surface area contributed by atoms with E-state index >= 15 is 0 Å². The van der Waals surface area contributed by atoms with E-state index in [-0.39, 0.29) is 0 Å². The van der Waals surface area contributed by atoms with Crippen LogP contribution in [0.2, 0.25) is 0 Å². The highest BCUT2D eigenvalue weighted by molar-refractivity contribution is 5.33. The van der Waals surface area contributed by atoms with Crippen molar-refractivity contribution >= 4 is 0 Å². The first-order valence-electron chi connectivity index (χ1n) is 7.02. The Hall–Kier alpha value is -1.61. The van der Waals surface area contributed by atoms with Crippen LogP contribution in [0.5, 0.6) is 0 Å². The van der Waals surface area contributed by atoms with Crippen molar-refractivity contribution in [2.75, 3.05) is 0 Å².